The molecule has 1 aliphatic rings. The number of hydrogen-bond donors (Lipinski definition) is 0. The van der Waals surface area contributed by atoms with Crippen molar-refractivity contribution in [1.29, 1.82) is 0 Å². The number of rotatable bonds is 1. The average molecular weight is 178 g/mol. The van der Waals surface area contributed by atoms with Crippen LogP contribution in [0.25, 0.3) is 5.57 Å². The second-order valence-corrected chi connectivity index (χ2v) is 4.53. The molecule has 0 bridgehead atoms. The lowest BCUT2D eigenvalue weighted by Crippen LogP contribution is -1.86. The van der Waals surface area contributed by atoms with Crippen LogP contribution < -0.4 is 0 Å². The minimum Gasteiger partial charge on any atom is -0.144 e. The van der Waals surface area contributed by atoms with E-state index >= 15 is 0 Å². The quantitative estimate of drug-likeness (QED) is 0.610. The first kappa shape index (κ1) is 8.06. The maximum absolute atomic E-state index is 2.33. The fourth-order valence-corrected chi connectivity index (χ4v) is 2.71. The van der Waals surface area contributed by atoms with Crippen LogP contribution in [-0.2, 0) is 0 Å². The summed E-state index contributed by atoms with van der Waals surface area (Å²) in [6.45, 7) is 4.61. The van der Waals surface area contributed by atoms with Crippen LogP contribution in [0.2, 0.25) is 0 Å². The molecule has 1 heterocycles. The Morgan fingerprint density at radius 1 is 1.50 bits per heavy atom. The highest BCUT2D eigenvalue weighted by atomic mass is 32.1. The molecular formula is C11H14S. The molecule has 0 saturated heterocycles. The van der Waals surface area contributed by atoms with E-state index in [0.29, 0.717) is 0 Å². The van der Waals surface area contributed by atoms with Gasteiger partial charge >= 0.3 is 0 Å². The molecule has 0 spiro atoms. The van der Waals surface area contributed by atoms with Gasteiger partial charge in [0.25, 0.3) is 0 Å². The summed E-state index contributed by atoms with van der Waals surface area (Å²) >= 11 is 1.87. The zero-order chi connectivity index (χ0) is 8.55. The van der Waals surface area contributed by atoms with Gasteiger partial charge in [-0.05, 0) is 42.7 Å². The van der Waals surface area contributed by atoms with Crippen molar-refractivity contribution in [2.75, 3.05) is 0 Å². The molecule has 0 nitrogen and oxygen atoms in total. The lowest BCUT2D eigenvalue weighted by atomic mass is 10.1. The molecule has 2 rings (SSSR count). The Morgan fingerprint density at radius 3 is 2.83 bits per heavy atom. The van der Waals surface area contributed by atoms with Crippen LogP contribution >= 0.6 is 11.3 Å². The smallest absolute Gasteiger partial charge is 0.0301 e. The summed E-state index contributed by atoms with van der Waals surface area (Å²) in [5.41, 5.74) is 3.22. The van der Waals surface area contributed by atoms with Crippen molar-refractivity contribution in [3.05, 3.63) is 28.0 Å². The van der Waals surface area contributed by atoms with E-state index < -0.39 is 0 Å². The molecule has 1 atom stereocenters. The fraction of sp³-hybridized carbons (Fsp3) is 0.455. The van der Waals surface area contributed by atoms with Crippen LogP contribution in [0.4, 0.5) is 0 Å². The van der Waals surface area contributed by atoms with E-state index in [-0.39, 0.29) is 0 Å². The first-order chi connectivity index (χ1) is 5.79. The molecule has 0 aromatic carbocycles. The Morgan fingerprint density at radius 2 is 2.33 bits per heavy atom. The predicted octanol–water partition coefficient (Wildman–Crippen LogP) is 3.95. The van der Waals surface area contributed by atoms with Gasteiger partial charge in [-0.2, -0.15) is 0 Å². The lowest BCUT2D eigenvalue weighted by Gasteiger charge is -2.02. The standard InChI is InChI=1S/C11H14S/c1-8-5-6-10(9(8)2)11-4-3-7-12-11/h3-4,7-8H,5-6H2,1-2H3. The van der Waals surface area contributed by atoms with Crippen molar-refractivity contribution < 1.29 is 0 Å². The summed E-state index contributed by atoms with van der Waals surface area (Å²) in [7, 11) is 0. The van der Waals surface area contributed by atoms with Gasteiger partial charge in [-0.25, -0.2) is 0 Å². The molecule has 0 radical (unpaired) electrons. The van der Waals surface area contributed by atoms with Crippen molar-refractivity contribution in [3.8, 4) is 0 Å². The Labute approximate surface area is 77.9 Å². The van der Waals surface area contributed by atoms with Crippen LogP contribution in [-0.4, -0.2) is 0 Å². The normalized spacial score (nSPS) is 23.7. The van der Waals surface area contributed by atoms with E-state index in [4.69, 9.17) is 0 Å². The third kappa shape index (κ3) is 1.22. The molecule has 0 amide bonds. The van der Waals surface area contributed by atoms with E-state index in [2.05, 4.69) is 31.4 Å². The van der Waals surface area contributed by atoms with Crippen molar-refractivity contribution in [2.45, 2.75) is 26.7 Å². The van der Waals surface area contributed by atoms with Crippen LogP contribution in [0.3, 0.4) is 0 Å². The van der Waals surface area contributed by atoms with E-state index in [0.717, 1.165) is 5.92 Å². The van der Waals surface area contributed by atoms with E-state index in [1.54, 1.807) is 11.1 Å². The van der Waals surface area contributed by atoms with Crippen LogP contribution in [0.5, 0.6) is 0 Å². The largest absolute Gasteiger partial charge is 0.144 e. The van der Waals surface area contributed by atoms with Gasteiger partial charge in [-0.3, -0.25) is 0 Å². The second-order valence-electron chi connectivity index (χ2n) is 3.58. The predicted molar refractivity (Wildman–Crippen MR) is 55.3 cm³/mol. The third-order valence-electron chi connectivity index (χ3n) is 2.86. The molecular weight excluding hydrogens is 164 g/mol. The maximum atomic E-state index is 2.33. The minimum absolute atomic E-state index is 0.807. The van der Waals surface area contributed by atoms with Gasteiger partial charge in [-0.15, -0.1) is 11.3 Å². The monoisotopic (exact) mass is 178 g/mol. The first-order valence-electron chi connectivity index (χ1n) is 4.52. The van der Waals surface area contributed by atoms with Crippen LogP contribution in [0.1, 0.15) is 31.6 Å². The summed E-state index contributed by atoms with van der Waals surface area (Å²) in [6, 6.07) is 4.38. The number of allylic oxidation sites excluding steroid dienone is 2. The molecule has 64 valence electrons. The zero-order valence-electron chi connectivity index (χ0n) is 7.63. The SMILES string of the molecule is CC1=C(c2cccs2)CCC1C. The molecule has 12 heavy (non-hydrogen) atoms. The molecule has 1 aliphatic carbocycles. The van der Waals surface area contributed by atoms with E-state index in [9.17, 15) is 0 Å². The topological polar surface area (TPSA) is 0 Å². The summed E-state index contributed by atoms with van der Waals surface area (Å²) in [6.07, 6.45) is 2.63. The molecule has 1 heteroatoms. The number of thiophene rings is 1. The Kier molecular flexibility index (Phi) is 2.05. The van der Waals surface area contributed by atoms with Crippen molar-refractivity contribution in [3.63, 3.8) is 0 Å². The molecule has 1 aromatic rings. The highest BCUT2D eigenvalue weighted by Gasteiger charge is 2.19. The van der Waals surface area contributed by atoms with E-state index in [1.807, 2.05) is 11.3 Å². The first-order valence-corrected chi connectivity index (χ1v) is 5.40. The van der Waals surface area contributed by atoms with E-state index in [1.165, 1.54) is 17.7 Å². The Hall–Kier alpha value is -0.560. The van der Waals surface area contributed by atoms with Crippen molar-refractivity contribution >= 4 is 16.9 Å². The molecule has 1 aromatic heterocycles. The van der Waals surface area contributed by atoms with Gasteiger partial charge < -0.3 is 0 Å². The fourth-order valence-electron chi connectivity index (χ4n) is 1.84. The summed E-state index contributed by atoms with van der Waals surface area (Å²) in [5, 5.41) is 2.17. The van der Waals surface area contributed by atoms with Gasteiger partial charge in [0.2, 0.25) is 0 Å². The van der Waals surface area contributed by atoms with Gasteiger partial charge in [0.05, 0.1) is 0 Å². The van der Waals surface area contributed by atoms with Crippen molar-refractivity contribution in [2.24, 2.45) is 5.92 Å². The lowest BCUT2D eigenvalue weighted by molar-refractivity contribution is 0.671. The van der Waals surface area contributed by atoms with Gasteiger partial charge in [-0.1, -0.05) is 18.6 Å². The Balaban J connectivity index is 2.36. The summed E-state index contributed by atoms with van der Waals surface area (Å²) < 4.78 is 0. The third-order valence-corrected chi connectivity index (χ3v) is 3.79. The summed E-state index contributed by atoms with van der Waals surface area (Å²) in [4.78, 5) is 1.48. The molecule has 0 aliphatic heterocycles. The highest BCUT2D eigenvalue weighted by Crippen LogP contribution is 2.38. The highest BCUT2D eigenvalue weighted by molar-refractivity contribution is 7.11. The van der Waals surface area contributed by atoms with Crippen LogP contribution in [0.15, 0.2) is 23.1 Å². The van der Waals surface area contributed by atoms with Gasteiger partial charge in [0, 0.05) is 4.88 Å². The minimum atomic E-state index is 0.807. The van der Waals surface area contributed by atoms with Gasteiger partial charge in [0.1, 0.15) is 0 Å². The maximum Gasteiger partial charge on any atom is 0.0301 e. The molecule has 0 N–H and O–H groups in total. The molecule has 1 unspecified atom stereocenters. The summed E-state index contributed by atoms with van der Waals surface area (Å²) in [5.74, 6) is 0.807. The zero-order valence-corrected chi connectivity index (χ0v) is 8.45. The van der Waals surface area contributed by atoms with Crippen molar-refractivity contribution in [1.82, 2.24) is 0 Å². The average Bonchev–Trinajstić information content (AvgIpc) is 2.64. The van der Waals surface area contributed by atoms with Crippen LogP contribution in [0, 0.1) is 5.92 Å². The number of hydrogen-bond acceptors (Lipinski definition) is 1. The molecule has 0 fully saturated rings. The Bertz CT molecular complexity index is 293. The second kappa shape index (κ2) is 3.06. The van der Waals surface area contributed by atoms with Gasteiger partial charge in [0.15, 0.2) is 0 Å². The molecule has 0 saturated carbocycles.